The number of thiophene rings is 1. The lowest BCUT2D eigenvalue weighted by Crippen LogP contribution is -2.22. The predicted molar refractivity (Wildman–Crippen MR) is 128 cm³/mol. The molecule has 5 nitrogen and oxygen atoms in total. The summed E-state index contributed by atoms with van der Waals surface area (Å²) in [5, 5.41) is 5.40. The van der Waals surface area contributed by atoms with E-state index in [0.29, 0.717) is 21.9 Å². The number of thioether (sulfide) groups is 1. The third-order valence-electron chi connectivity index (χ3n) is 4.48. The lowest BCUT2D eigenvalue weighted by Gasteiger charge is -2.11. The third-order valence-corrected chi connectivity index (χ3v) is 6.91. The summed E-state index contributed by atoms with van der Waals surface area (Å²) in [7, 11) is 0. The summed E-state index contributed by atoms with van der Waals surface area (Å²) in [5.74, 6) is 0.0126. The largest absolute Gasteiger partial charge is 0.325 e. The molecule has 4 rings (SSSR count). The van der Waals surface area contributed by atoms with Crippen molar-refractivity contribution in [3.8, 4) is 11.1 Å². The monoisotopic (exact) mass is 499 g/mol. The van der Waals surface area contributed by atoms with Crippen molar-refractivity contribution in [2.24, 2.45) is 0 Å². The Labute approximate surface area is 190 Å². The number of hydrogen-bond acceptors (Lipinski definition) is 5. The normalized spacial score (nSPS) is 11.0. The predicted octanol–water partition coefficient (Wildman–Crippen LogP) is 5.64. The fourth-order valence-electron chi connectivity index (χ4n) is 3.08. The fraction of sp³-hybridized carbons (Fsp3) is 0.136. The topological polar surface area (TPSA) is 64.0 Å². The van der Waals surface area contributed by atoms with Gasteiger partial charge in [-0.05, 0) is 30.7 Å². The first-order valence-corrected chi connectivity index (χ1v) is 12.0. The molecule has 2 heterocycles. The fourth-order valence-corrected chi connectivity index (χ4v) is 5.30. The molecule has 2 aromatic heterocycles. The van der Waals surface area contributed by atoms with Crippen LogP contribution in [0.3, 0.4) is 0 Å². The van der Waals surface area contributed by atoms with Crippen molar-refractivity contribution in [3.63, 3.8) is 0 Å². The number of nitrogens with zero attached hydrogens (tertiary/aromatic N) is 2. The Balaban J connectivity index is 1.63. The molecule has 0 unspecified atom stereocenters. The van der Waals surface area contributed by atoms with Crippen LogP contribution in [0.25, 0.3) is 21.3 Å². The Morgan fingerprint density at radius 1 is 1.20 bits per heavy atom. The van der Waals surface area contributed by atoms with Crippen molar-refractivity contribution in [2.45, 2.75) is 18.6 Å². The molecule has 0 atom stereocenters. The molecule has 0 saturated heterocycles. The van der Waals surface area contributed by atoms with Crippen LogP contribution in [-0.4, -0.2) is 21.2 Å². The smallest absolute Gasteiger partial charge is 0.272 e. The van der Waals surface area contributed by atoms with Gasteiger partial charge in [-0.25, -0.2) is 4.98 Å². The number of nitrogens with one attached hydrogen (secondary N) is 1. The van der Waals surface area contributed by atoms with Gasteiger partial charge in [-0.3, -0.25) is 14.2 Å². The highest BCUT2D eigenvalue weighted by Gasteiger charge is 2.17. The molecule has 8 heteroatoms. The molecule has 0 bridgehead atoms. The zero-order valence-corrected chi connectivity index (χ0v) is 19.3. The van der Waals surface area contributed by atoms with Gasteiger partial charge in [0.25, 0.3) is 5.56 Å². The first-order valence-electron chi connectivity index (χ1n) is 9.32. The van der Waals surface area contributed by atoms with Crippen LogP contribution in [0.15, 0.2) is 74.4 Å². The molecule has 0 aliphatic carbocycles. The maximum Gasteiger partial charge on any atom is 0.272 e. The second kappa shape index (κ2) is 9.16. The number of fused-ring (bicyclic) bond motifs is 1. The number of aromatic nitrogens is 2. The lowest BCUT2D eigenvalue weighted by molar-refractivity contribution is -0.113. The van der Waals surface area contributed by atoms with Crippen LogP contribution in [0.5, 0.6) is 0 Å². The number of amides is 1. The SMILES string of the molecule is CCn1c(SCC(=O)Nc2cccc(Br)c2)nc2c(-c3ccccc3)csc2c1=O. The van der Waals surface area contributed by atoms with Gasteiger partial charge in [0, 0.05) is 27.6 Å². The molecule has 0 saturated carbocycles. The number of carbonyl (C=O) groups excluding carboxylic acids is 1. The average molecular weight is 500 g/mol. The molecular formula is C22H18BrN3O2S2. The quantitative estimate of drug-likeness (QED) is 0.275. The van der Waals surface area contributed by atoms with E-state index < -0.39 is 0 Å². The van der Waals surface area contributed by atoms with E-state index in [9.17, 15) is 9.59 Å². The molecule has 1 N–H and O–H groups in total. The van der Waals surface area contributed by atoms with Gasteiger partial charge in [0.05, 0.1) is 11.3 Å². The summed E-state index contributed by atoms with van der Waals surface area (Å²) in [6, 6.07) is 17.3. The highest BCUT2D eigenvalue weighted by molar-refractivity contribution is 9.10. The molecule has 0 radical (unpaired) electrons. The van der Waals surface area contributed by atoms with E-state index in [-0.39, 0.29) is 17.2 Å². The van der Waals surface area contributed by atoms with E-state index in [1.165, 1.54) is 23.1 Å². The standard InChI is InChI=1S/C22H18BrN3O2S2/c1-2-26-21(28)20-19(17(12-29-20)14-7-4-3-5-8-14)25-22(26)30-13-18(27)24-16-10-6-9-15(23)11-16/h3-12H,2,13H2,1H3,(H,24,27). The summed E-state index contributed by atoms with van der Waals surface area (Å²) < 4.78 is 3.16. The zero-order chi connectivity index (χ0) is 21.1. The molecule has 0 aliphatic rings. The minimum absolute atomic E-state index is 0.0652. The number of benzene rings is 2. The van der Waals surface area contributed by atoms with Crippen LogP contribution in [0.4, 0.5) is 5.69 Å². The number of hydrogen-bond donors (Lipinski definition) is 1. The van der Waals surface area contributed by atoms with Gasteiger partial charge < -0.3 is 5.32 Å². The highest BCUT2D eigenvalue weighted by Crippen LogP contribution is 2.32. The van der Waals surface area contributed by atoms with E-state index in [4.69, 9.17) is 4.98 Å². The van der Waals surface area contributed by atoms with Crippen LogP contribution in [-0.2, 0) is 11.3 Å². The molecule has 0 spiro atoms. The zero-order valence-electron chi connectivity index (χ0n) is 16.1. The van der Waals surface area contributed by atoms with Crippen LogP contribution in [0, 0.1) is 0 Å². The molecule has 1 amide bonds. The van der Waals surface area contributed by atoms with Gasteiger partial charge in [-0.2, -0.15) is 0 Å². The lowest BCUT2D eigenvalue weighted by atomic mass is 10.1. The van der Waals surface area contributed by atoms with E-state index >= 15 is 0 Å². The Kier molecular flexibility index (Phi) is 6.36. The second-order valence-electron chi connectivity index (χ2n) is 6.48. The number of halogens is 1. The van der Waals surface area contributed by atoms with Crippen molar-refractivity contribution in [3.05, 3.63) is 74.8 Å². The van der Waals surface area contributed by atoms with Crippen molar-refractivity contribution in [1.82, 2.24) is 9.55 Å². The Bertz CT molecular complexity index is 1270. The van der Waals surface area contributed by atoms with Gasteiger partial charge >= 0.3 is 0 Å². The Morgan fingerprint density at radius 3 is 2.73 bits per heavy atom. The van der Waals surface area contributed by atoms with E-state index in [1.54, 1.807) is 4.57 Å². The van der Waals surface area contributed by atoms with Crippen molar-refractivity contribution in [1.29, 1.82) is 0 Å². The van der Waals surface area contributed by atoms with Crippen molar-refractivity contribution < 1.29 is 4.79 Å². The molecule has 30 heavy (non-hydrogen) atoms. The summed E-state index contributed by atoms with van der Waals surface area (Å²) in [6.45, 7) is 2.40. The highest BCUT2D eigenvalue weighted by atomic mass is 79.9. The van der Waals surface area contributed by atoms with Crippen molar-refractivity contribution in [2.75, 3.05) is 11.1 Å². The first kappa shape index (κ1) is 20.8. The van der Waals surface area contributed by atoms with Crippen molar-refractivity contribution >= 4 is 60.8 Å². The second-order valence-corrected chi connectivity index (χ2v) is 9.22. The summed E-state index contributed by atoms with van der Waals surface area (Å²) >= 11 is 6.08. The number of carbonyl (C=O) groups is 1. The summed E-state index contributed by atoms with van der Waals surface area (Å²) in [6.07, 6.45) is 0. The van der Waals surface area contributed by atoms with Gasteiger partial charge in [0.15, 0.2) is 5.16 Å². The van der Waals surface area contributed by atoms with Crippen LogP contribution in [0.1, 0.15) is 6.92 Å². The first-order chi connectivity index (χ1) is 14.6. The summed E-state index contributed by atoms with van der Waals surface area (Å²) in [5.41, 5.74) is 3.31. The van der Waals surface area contributed by atoms with Crippen LogP contribution < -0.4 is 10.9 Å². The van der Waals surface area contributed by atoms with E-state index in [1.807, 2.05) is 66.9 Å². The molecule has 0 aliphatic heterocycles. The van der Waals surface area contributed by atoms with Gasteiger partial charge in [-0.15, -0.1) is 11.3 Å². The average Bonchev–Trinajstić information content (AvgIpc) is 3.17. The molecule has 2 aromatic carbocycles. The third kappa shape index (κ3) is 4.35. The minimum atomic E-state index is -0.149. The minimum Gasteiger partial charge on any atom is -0.325 e. The van der Waals surface area contributed by atoms with Crippen LogP contribution in [0.2, 0.25) is 0 Å². The van der Waals surface area contributed by atoms with E-state index in [2.05, 4.69) is 21.2 Å². The maximum absolute atomic E-state index is 13.0. The molecule has 152 valence electrons. The number of rotatable bonds is 6. The van der Waals surface area contributed by atoms with Gasteiger partial charge in [0.1, 0.15) is 4.70 Å². The molecule has 4 aromatic rings. The molecule has 0 fully saturated rings. The number of anilines is 1. The maximum atomic E-state index is 13.0. The Hall–Kier alpha value is -2.42. The van der Waals surface area contributed by atoms with Gasteiger partial charge in [-0.1, -0.05) is 64.1 Å². The van der Waals surface area contributed by atoms with Gasteiger partial charge in [0.2, 0.25) is 5.91 Å². The van der Waals surface area contributed by atoms with E-state index in [0.717, 1.165) is 21.3 Å². The summed E-state index contributed by atoms with van der Waals surface area (Å²) in [4.78, 5) is 30.2. The van der Waals surface area contributed by atoms with Crippen LogP contribution >= 0.6 is 39.0 Å². The molecular weight excluding hydrogens is 482 g/mol. The Morgan fingerprint density at radius 2 is 2.00 bits per heavy atom.